The second-order valence-corrected chi connectivity index (χ2v) is 8.41. The molecule has 1 aliphatic rings. The van der Waals surface area contributed by atoms with E-state index in [-0.39, 0.29) is 16.4 Å². The first kappa shape index (κ1) is 21.0. The van der Waals surface area contributed by atoms with Crippen molar-refractivity contribution in [3.63, 3.8) is 0 Å². The van der Waals surface area contributed by atoms with Crippen molar-refractivity contribution in [2.45, 2.75) is 6.18 Å². The van der Waals surface area contributed by atoms with Gasteiger partial charge < -0.3 is 5.11 Å². The van der Waals surface area contributed by atoms with Gasteiger partial charge in [0.1, 0.15) is 0 Å². The van der Waals surface area contributed by atoms with E-state index >= 15 is 0 Å². The van der Waals surface area contributed by atoms with Gasteiger partial charge in [0.05, 0.1) is 27.5 Å². The number of fused-ring (bicyclic) bond motifs is 1. The summed E-state index contributed by atoms with van der Waals surface area (Å²) in [4.78, 5) is 5.01. The van der Waals surface area contributed by atoms with Crippen LogP contribution in [-0.4, -0.2) is 15.4 Å². The fourth-order valence-electron chi connectivity index (χ4n) is 3.76. The van der Waals surface area contributed by atoms with Gasteiger partial charge in [-0.2, -0.15) is 13.2 Å². The number of aromatic hydroxyl groups is 1. The van der Waals surface area contributed by atoms with Crippen LogP contribution in [0.15, 0.2) is 83.9 Å². The summed E-state index contributed by atoms with van der Waals surface area (Å²) in [6, 6.07) is 21.8. The van der Waals surface area contributed by atoms with Gasteiger partial charge in [-0.15, -0.1) is 0 Å². The van der Waals surface area contributed by atoms with Crippen LogP contribution in [0.5, 0.6) is 5.88 Å². The Morgan fingerprint density at radius 2 is 1.67 bits per heavy atom. The van der Waals surface area contributed by atoms with Gasteiger partial charge in [0.15, 0.2) is 4.80 Å². The largest absolute Gasteiger partial charge is 0.493 e. The molecule has 0 radical (unpaired) electrons. The highest BCUT2D eigenvalue weighted by Gasteiger charge is 2.31. The summed E-state index contributed by atoms with van der Waals surface area (Å²) in [7, 11) is 0. The molecule has 0 fully saturated rings. The molecular formula is C25H16F3N3OS. The van der Waals surface area contributed by atoms with E-state index in [1.807, 2.05) is 54.6 Å². The third kappa shape index (κ3) is 3.78. The van der Waals surface area contributed by atoms with Crippen LogP contribution in [0.25, 0.3) is 17.3 Å². The fraction of sp³-hybridized carbons (Fsp3) is 0.0400. The molecule has 0 spiro atoms. The number of alkyl halides is 3. The molecule has 0 bridgehead atoms. The highest BCUT2D eigenvalue weighted by molar-refractivity contribution is 7.10. The maximum absolute atomic E-state index is 13.2. The monoisotopic (exact) mass is 463 g/mol. The van der Waals surface area contributed by atoms with Crippen LogP contribution < -0.4 is 4.80 Å². The molecule has 5 rings (SSSR count). The number of hydrogen-bond acceptors (Lipinski definition) is 4. The second kappa shape index (κ2) is 7.90. The van der Waals surface area contributed by atoms with Gasteiger partial charge in [-0.05, 0) is 30.3 Å². The first-order valence-electron chi connectivity index (χ1n) is 9.95. The first-order valence-corrected chi connectivity index (χ1v) is 10.8. The average Bonchev–Trinajstić information content (AvgIpc) is 3.31. The molecule has 3 aromatic carbocycles. The van der Waals surface area contributed by atoms with E-state index in [9.17, 15) is 18.3 Å². The Kier molecular flexibility index (Phi) is 5.02. The smallest absolute Gasteiger partial charge is 0.416 e. The van der Waals surface area contributed by atoms with E-state index in [1.165, 1.54) is 12.1 Å². The number of allylic oxidation sites excluding steroid dienone is 1. The molecule has 8 heteroatoms. The van der Waals surface area contributed by atoms with Crippen molar-refractivity contribution in [3.8, 4) is 11.6 Å². The quantitative estimate of drug-likeness (QED) is 0.362. The molecule has 2 heterocycles. The van der Waals surface area contributed by atoms with E-state index in [0.717, 1.165) is 56.1 Å². The van der Waals surface area contributed by atoms with E-state index < -0.39 is 11.7 Å². The van der Waals surface area contributed by atoms with E-state index in [2.05, 4.69) is 0 Å². The lowest BCUT2D eigenvalue weighted by Crippen LogP contribution is -2.12. The minimum atomic E-state index is -4.52. The highest BCUT2D eigenvalue weighted by atomic mass is 32.1. The van der Waals surface area contributed by atoms with Gasteiger partial charge >= 0.3 is 6.18 Å². The van der Waals surface area contributed by atoms with Crippen LogP contribution >= 0.6 is 11.3 Å². The molecule has 1 aliphatic heterocycles. The lowest BCUT2D eigenvalue weighted by atomic mass is 9.97. The molecule has 33 heavy (non-hydrogen) atoms. The summed E-state index contributed by atoms with van der Waals surface area (Å²) in [5.74, 6) is -0.298. The normalized spacial score (nSPS) is 14.4. The zero-order valence-corrected chi connectivity index (χ0v) is 17.8. The van der Waals surface area contributed by atoms with Crippen LogP contribution in [0.2, 0.25) is 0 Å². The number of thiazole rings is 1. The third-order valence-electron chi connectivity index (χ3n) is 5.28. The van der Waals surface area contributed by atoms with Crippen LogP contribution in [0.4, 0.5) is 18.9 Å². The SMILES string of the molecule is N=c1sc(C=C2C(c3ccccc3)=Nc3ccccc32)c(O)n1-c1cccc(C(F)(F)F)c1. The Labute approximate surface area is 190 Å². The number of aromatic nitrogens is 1. The molecule has 0 saturated carbocycles. The van der Waals surface area contributed by atoms with Crippen molar-refractivity contribution < 1.29 is 18.3 Å². The Morgan fingerprint density at radius 1 is 0.939 bits per heavy atom. The minimum Gasteiger partial charge on any atom is -0.493 e. The maximum atomic E-state index is 13.2. The number of hydrogen-bond donors (Lipinski definition) is 2. The van der Waals surface area contributed by atoms with Crippen molar-refractivity contribution >= 4 is 34.4 Å². The van der Waals surface area contributed by atoms with E-state index in [1.54, 1.807) is 6.08 Å². The number of halogens is 3. The number of para-hydroxylation sites is 1. The van der Waals surface area contributed by atoms with Gasteiger partial charge in [-0.3, -0.25) is 9.98 Å². The third-order valence-corrected chi connectivity index (χ3v) is 6.17. The topological polar surface area (TPSA) is 61.4 Å². The molecule has 0 saturated heterocycles. The van der Waals surface area contributed by atoms with Gasteiger partial charge in [0, 0.05) is 16.7 Å². The number of rotatable bonds is 3. The number of aliphatic imine (C=N–C) groups is 1. The van der Waals surface area contributed by atoms with Crippen LogP contribution in [0, 0.1) is 5.41 Å². The van der Waals surface area contributed by atoms with Crippen molar-refractivity contribution in [3.05, 3.63) is 105 Å². The van der Waals surface area contributed by atoms with Crippen LogP contribution in [0.3, 0.4) is 0 Å². The summed E-state index contributed by atoms with van der Waals surface area (Å²) in [5, 5.41) is 19.2. The van der Waals surface area contributed by atoms with Gasteiger partial charge in [-0.1, -0.05) is 65.9 Å². The lowest BCUT2D eigenvalue weighted by molar-refractivity contribution is -0.137. The summed E-state index contributed by atoms with van der Waals surface area (Å²) >= 11 is 0.975. The van der Waals surface area contributed by atoms with E-state index in [0.29, 0.717) is 4.88 Å². The maximum Gasteiger partial charge on any atom is 0.416 e. The molecule has 4 aromatic rings. The number of nitrogens with zero attached hydrogens (tertiary/aromatic N) is 2. The number of benzene rings is 3. The molecule has 0 aliphatic carbocycles. The first-order chi connectivity index (χ1) is 15.8. The molecule has 0 amide bonds. The average molecular weight is 463 g/mol. The Balaban J connectivity index is 1.65. The van der Waals surface area contributed by atoms with Crippen LogP contribution in [0.1, 0.15) is 21.6 Å². The minimum absolute atomic E-state index is 0.0667. The summed E-state index contributed by atoms with van der Waals surface area (Å²) in [6.07, 6.45) is -2.79. The summed E-state index contributed by atoms with van der Waals surface area (Å²) < 4.78 is 40.6. The van der Waals surface area contributed by atoms with Gasteiger partial charge in [0.25, 0.3) is 0 Å². The number of nitrogens with one attached hydrogen (secondary N) is 1. The van der Waals surface area contributed by atoms with Crippen molar-refractivity contribution in [1.29, 1.82) is 5.41 Å². The standard InChI is InChI=1S/C25H16F3N3OS/c26-25(27,28)16-9-6-10-17(13-16)31-23(32)21(33-24(31)29)14-19-18-11-4-5-12-20(18)30-22(19)15-7-2-1-3-8-15/h1-14,29,32H. The Morgan fingerprint density at radius 3 is 2.42 bits per heavy atom. The van der Waals surface area contributed by atoms with Crippen molar-refractivity contribution in [2.75, 3.05) is 0 Å². The van der Waals surface area contributed by atoms with E-state index in [4.69, 9.17) is 10.4 Å². The predicted octanol–water partition coefficient (Wildman–Crippen LogP) is 6.42. The summed E-state index contributed by atoms with van der Waals surface area (Å²) in [5.41, 5.74) is 3.27. The molecule has 1 aromatic heterocycles. The fourth-order valence-corrected chi connectivity index (χ4v) is 4.61. The van der Waals surface area contributed by atoms with Gasteiger partial charge in [-0.25, -0.2) is 4.99 Å². The zero-order chi connectivity index (χ0) is 23.2. The van der Waals surface area contributed by atoms with Crippen LogP contribution in [-0.2, 0) is 6.18 Å². The molecule has 0 unspecified atom stereocenters. The predicted molar refractivity (Wildman–Crippen MR) is 123 cm³/mol. The molecular weight excluding hydrogens is 447 g/mol. The van der Waals surface area contributed by atoms with Crippen molar-refractivity contribution in [1.82, 2.24) is 4.57 Å². The highest BCUT2D eigenvalue weighted by Crippen LogP contribution is 2.40. The Bertz CT molecular complexity index is 1480. The molecule has 2 N–H and O–H groups in total. The Hall–Kier alpha value is -3.91. The molecule has 4 nitrogen and oxygen atoms in total. The van der Waals surface area contributed by atoms with Crippen molar-refractivity contribution in [2.24, 2.45) is 4.99 Å². The summed E-state index contributed by atoms with van der Waals surface area (Å²) in [6.45, 7) is 0. The molecule has 0 atom stereocenters. The molecule has 164 valence electrons. The zero-order valence-electron chi connectivity index (χ0n) is 17.0. The van der Waals surface area contributed by atoms with Gasteiger partial charge in [0.2, 0.25) is 5.88 Å². The lowest BCUT2D eigenvalue weighted by Gasteiger charge is -2.10. The second-order valence-electron chi connectivity index (χ2n) is 7.38.